The zero-order valence-corrected chi connectivity index (χ0v) is 18.9. The number of benzene rings is 1. The van der Waals surface area contributed by atoms with Gasteiger partial charge in [-0.05, 0) is 107 Å². The van der Waals surface area contributed by atoms with Crippen molar-refractivity contribution >= 4 is 11.8 Å². The molecule has 5 nitrogen and oxygen atoms in total. The first kappa shape index (κ1) is 20.8. The third-order valence-corrected chi connectivity index (χ3v) is 8.71. The lowest BCUT2D eigenvalue weighted by atomic mass is 9.79. The molecule has 0 aromatic heterocycles. The standard InChI is InChI=1S/C26H36N2O3/c1-16-5-3-6-17(2)28(16)25(29)15-31-20-11-9-18(10-12-20)26(30)27-24-14-19-13-23(24)22-8-4-7-21(19)22/h9-12,16-17,19,21-24H,3-8,13-15H2,1-2H3,(H,27,30). The number of nitrogens with one attached hydrogen (secondary N) is 1. The fourth-order valence-electron chi connectivity index (χ4n) is 7.32. The molecule has 1 saturated heterocycles. The second-order valence-corrected chi connectivity index (χ2v) is 10.5. The number of piperidine rings is 1. The van der Waals surface area contributed by atoms with Crippen molar-refractivity contribution in [2.75, 3.05) is 6.61 Å². The molecule has 31 heavy (non-hydrogen) atoms. The summed E-state index contributed by atoms with van der Waals surface area (Å²) in [6.45, 7) is 4.28. The Hall–Kier alpha value is -2.04. The molecule has 1 aliphatic heterocycles. The van der Waals surface area contributed by atoms with Crippen molar-refractivity contribution in [2.24, 2.45) is 23.7 Å². The summed E-state index contributed by atoms with van der Waals surface area (Å²) in [5.41, 5.74) is 0.669. The van der Waals surface area contributed by atoms with Crippen LogP contribution in [0.25, 0.3) is 0 Å². The Bertz CT molecular complexity index is 812. The first-order chi connectivity index (χ1) is 15.0. The summed E-state index contributed by atoms with van der Waals surface area (Å²) < 4.78 is 5.75. The minimum atomic E-state index is 0.0192. The van der Waals surface area contributed by atoms with Gasteiger partial charge in [0.15, 0.2) is 6.61 Å². The van der Waals surface area contributed by atoms with Crippen LogP contribution in [0.1, 0.15) is 75.6 Å². The average Bonchev–Trinajstić information content (AvgIpc) is 3.46. The number of likely N-dealkylation sites (tertiary alicyclic amines) is 1. The maximum atomic E-state index is 12.8. The molecule has 4 aliphatic rings. The van der Waals surface area contributed by atoms with Gasteiger partial charge in [-0.15, -0.1) is 0 Å². The topological polar surface area (TPSA) is 58.6 Å². The van der Waals surface area contributed by atoms with E-state index in [4.69, 9.17) is 4.74 Å². The Kier molecular flexibility index (Phi) is 5.70. The molecule has 7 unspecified atom stereocenters. The highest BCUT2D eigenvalue weighted by atomic mass is 16.5. The van der Waals surface area contributed by atoms with Gasteiger partial charge < -0.3 is 15.0 Å². The third-order valence-electron chi connectivity index (χ3n) is 8.71. The Balaban J connectivity index is 1.13. The van der Waals surface area contributed by atoms with Crippen LogP contribution in [-0.2, 0) is 4.79 Å². The number of amides is 2. The smallest absolute Gasteiger partial charge is 0.260 e. The summed E-state index contributed by atoms with van der Waals surface area (Å²) in [5, 5.41) is 3.32. The zero-order valence-electron chi connectivity index (χ0n) is 18.9. The number of carbonyl (C=O) groups is 2. The molecule has 2 bridgehead atoms. The van der Waals surface area contributed by atoms with Crippen molar-refractivity contribution in [3.63, 3.8) is 0 Å². The second kappa shape index (κ2) is 8.48. The Labute approximate surface area is 185 Å². The minimum absolute atomic E-state index is 0.0192. The normalized spacial score (nSPS) is 36.3. The molecule has 2 amide bonds. The first-order valence-electron chi connectivity index (χ1n) is 12.4. The van der Waals surface area contributed by atoms with Gasteiger partial charge in [-0.2, -0.15) is 0 Å². The summed E-state index contributed by atoms with van der Waals surface area (Å²) in [6, 6.07) is 8.13. The van der Waals surface area contributed by atoms with E-state index in [9.17, 15) is 9.59 Å². The summed E-state index contributed by atoms with van der Waals surface area (Å²) >= 11 is 0. The molecule has 0 spiro atoms. The molecule has 0 radical (unpaired) electrons. The van der Waals surface area contributed by atoms with Crippen LogP contribution in [0, 0.1) is 23.7 Å². The van der Waals surface area contributed by atoms with Crippen LogP contribution in [-0.4, -0.2) is 41.4 Å². The summed E-state index contributed by atoms with van der Waals surface area (Å²) in [5.74, 6) is 4.01. The van der Waals surface area contributed by atoms with Crippen LogP contribution in [0.15, 0.2) is 24.3 Å². The van der Waals surface area contributed by atoms with Crippen LogP contribution < -0.4 is 10.1 Å². The largest absolute Gasteiger partial charge is 0.484 e. The van der Waals surface area contributed by atoms with Gasteiger partial charge in [0, 0.05) is 23.7 Å². The van der Waals surface area contributed by atoms with Gasteiger partial charge >= 0.3 is 0 Å². The van der Waals surface area contributed by atoms with Gasteiger partial charge in [0.1, 0.15) is 5.75 Å². The summed E-state index contributed by atoms with van der Waals surface area (Å²) in [6.07, 6.45) is 9.92. The lowest BCUT2D eigenvalue weighted by Gasteiger charge is -2.38. The van der Waals surface area contributed by atoms with E-state index in [2.05, 4.69) is 19.2 Å². The van der Waals surface area contributed by atoms with Gasteiger partial charge in [-0.25, -0.2) is 0 Å². The molecule has 4 fully saturated rings. The van der Waals surface area contributed by atoms with Crippen LogP contribution in [0.4, 0.5) is 0 Å². The molecule has 7 atom stereocenters. The molecule has 5 heteroatoms. The van der Waals surface area contributed by atoms with Crippen LogP contribution in [0.5, 0.6) is 5.75 Å². The van der Waals surface area contributed by atoms with E-state index in [1.165, 1.54) is 32.1 Å². The number of fused-ring (bicyclic) bond motifs is 5. The van der Waals surface area contributed by atoms with Gasteiger partial charge in [0.25, 0.3) is 11.8 Å². The van der Waals surface area contributed by atoms with E-state index >= 15 is 0 Å². The monoisotopic (exact) mass is 424 g/mol. The maximum absolute atomic E-state index is 12.8. The highest BCUT2D eigenvalue weighted by Gasteiger charge is 2.54. The fraction of sp³-hybridized carbons (Fsp3) is 0.692. The van der Waals surface area contributed by atoms with Crippen molar-refractivity contribution in [1.29, 1.82) is 0 Å². The average molecular weight is 425 g/mol. The number of nitrogens with zero attached hydrogens (tertiary/aromatic N) is 1. The van der Waals surface area contributed by atoms with E-state index < -0.39 is 0 Å². The van der Waals surface area contributed by atoms with E-state index in [0.29, 0.717) is 23.3 Å². The number of rotatable bonds is 5. The van der Waals surface area contributed by atoms with Crippen LogP contribution in [0.3, 0.4) is 0 Å². The molecular formula is C26H36N2O3. The third kappa shape index (κ3) is 3.96. The second-order valence-electron chi connectivity index (χ2n) is 10.5. The molecule has 1 aromatic rings. The maximum Gasteiger partial charge on any atom is 0.260 e. The van der Waals surface area contributed by atoms with Gasteiger partial charge in [0.2, 0.25) is 0 Å². The van der Waals surface area contributed by atoms with E-state index in [-0.39, 0.29) is 30.5 Å². The molecule has 1 heterocycles. The SMILES string of the molecule is CC1CCCC(C)N1C(=O)COc1ccc(C(=O)NC2CC3CC2C2CCCC32)cc1. The Morgan fingerprint density at radius 2 is 1.61 bits per heavy atom. The minimum Gasteiger partial charge on any atom is -0.484 e. The molecule has 3 aliphatic carbocycles. The van der Waals surface area contributed by atoms with Gasteiger partial charge in [-0.1, -0.05) is 6.42 Å². The fourth-order valence-corrected chi connectivity index (χ4v) is 7.32. The predicted octanol–water partition coefficient (Wildman–Crippen LogP) is 4.41. The lowest BCUT2D eigenvalue weighted by Crippen LogP contribution is -2.49. The molecule has 168 valence electrons. The number of hydrogen-bond acceptors (Lipinski definition) is 3. The predicted molar refractivity (Wildman–Crippen MR) is 120 cm³/mol. The molecular weight excluding hydrogens is 388 g/mol. The van der Waals surface area contributed by atoms with Gasteiger partial charge in [0.05, 0.1) is 0 Å². The highest BCUT2D eigenvalue weighted by molar-refractivity contribution is 5.94. The van der Waals surface area contributed by atoms with Crippen molar-refractivity contribution in [3.05, 3.63) is 29.8 Å². The van der Waals surface area contributed by atoms with E-state index in [0.717, 1.165) is 37.0 Å². The van der Waals surface area contributed by atoms with Crippen molar-refractivity contribution < 1.29 is 14.3 Å². The summed E-state index contributed by atoms with van der Waals surface area (Å²) in [7, 11) is 0. The quantitative estimate of drug-likeness (QED) is 0.762. The first-order valence-corrected chi connectivity index (χ1v) is 12.4. The lowest BCUT2D eigenvalue weighted by molar-refractivity contribution is -0.139. The molecule has 1 N–H and O–H groups in total. The van der Waals surface area contributed by atoms with Crippen molar-refractivity contribution in [2.45, 2.75) is 83.3 Å². The number of carbonyl (C=O) groups excluding carboxylic acids is 2. The van der Waals surface area contributed by atoms with Crippen LogP contribution >= 0.6 is 0 Å². The number of ether oxygens (including phenoxy) is 1. The number of hydrogen-bond donors (Lipinski definition) is 1. The van der Waals surface area contributed by atoms with Crippen molar-refractivity contribution in [3.8, 4) is 5.75 Å². The molecule has 1 aromatic carbocycles. The van der Waals surface area contributed by atoms with Crippen molar-refractivity contribution in [1.82, 2.24) is 10.2 Å². The van der Waals surface area contributed by atoms with E-state index in [1.54, 1.807) is 12.1 Å². The Morgan fingerprint density at radius 1 is 0.935 bits per heavy atom. The van der Waals surface area contributed by atoms with Crippen LogP contribution in [0.2, 0.25) is 0 Å². The Morgan fingerprint density at radius 3 is 2.35 bits per heavy atom. The molecule has 5 rings (SSSR count). The highest BCUT2D eigenvalue weighted by Crippen LogP contribution is 2.58. The zero-order chi connectivity index (χ0) is 21.5. The summed E-state index contributed by atoms with van der Waals surface area (Å²) in [4.78, 5) is 27.4. The van der Waals surface area contributed by atoms with Gasteiger partial charge in [-0.3, -0.25) is 9.59 Å². The van der Waals surface area contributed by atoms with E-state index in [1.807, 2.05) is 17.0 Å². The molecule has 3 saturated carbocycles.